The third-order valence-electron chi connectivity index (χ3n) is 2.47. The highest BCUT2D eigenvalue weighted by Gasteiger charge is 2.20. The predicted molar refractivity (Wildman–Crippen MR) is 77.2 cm³/mol. The minimum absolute atomic E-state index is 0.0705. The number of carbonyl (C=O) groups excluding carboxylic acids is 1. The fourth-order valence-electron chi connectivity index (χ4n) is 1.67. The van der Waals surface area contributed by atoms with Crippen molar-refractivity contribution in [2.75, 3.05) is 13.1 Å². The number of nitrogens with one attached hydrogen (secondary N) is 1. The normalized spacial score (nSPS) is 13.2. The smallest absolute Gasteiger partial charge is 0.407 e. The summed E-state index contributed by atoms with van der Waals surface area (Å²) in [6, 6.07) is 1.88. The van der Waals surface area contributed by atoms with Crippen molar-refractivity contribution in [3.8, 4) is 0 Å². The molecule has 1 aromatic rings. The lowest BCUT2D eigenvalue weighted by Gasteiger charge is -2.21. The van der Waals surface area contributed by atoms with Gasteiger partial charge in [0.05, 0.1) is 0 Å². The maximum Gasteiger partial charge on any atom is 0.407 e. The molecule has 1 heterocycles. The molecule has 1 rings (SSSR count). The topological polar surface area (TPSA) is 77.5 Å². The summed E-state index contributed by atoms with van der Waals surface area (Å²) in [7, 11) is 0. The van der Waals surface area contributed by atoms with Gasteiger partial charge in [0.15, 0.2) is 4.67 Å². The average Bonchev–Trinajstić information content (AvgIpc) is 2.56. The number of aryl methyl sites for hydroxylation is 1. The van der Waals surface area contributed by atoms with E-state index in [-0.39, 0.29) is 5.92 Å². The van der Waals surface area contributed by atoms with Crippen LogP contribution in [-0.2, 0) is 4.74 Å². The minimum Gasteiger partial charge on any atom is -0.454 e. The summed E-state index contributed by atoms with van der Waals surface area (Å²) >= 11 is 3.28. The van der Waals surface area contributed by atoms with Crippen LogP contribution in [0.2, 0.25) is 0 Å². The number of ether oxygens (including phenoxy) is 1. The average molecular weight is 333 g/mol. The van der Waals surface area contributed by atoms with Crippen molar-refractivity contribution < 1.29 is 13.9 Å². The van der Waals surface area contributed by atoms with E-state index in [1.807, 2.05) is 33.8 Å². The van der Waals surface area contributed by atoms with Crippen molar-refractivity contribution in [3.63, 3.8) is 0 Å². The van der Waals surface area contributed by atoms with E-state index in [1.54, 1.807) is 0 Å². The summed E-state index contributed by atoms with van der Waals surface area (Å²) in [4.78, 5) is 11.6. The highest BCUT2D eigenvalue weighted by Crippen LogP contribution is 2.25. The quantitative estimate of drug-likeness (QED) is 0.888. The van der Waals surface area contributed by atoms with Crippen LogP contribution < -0.4 is 11.1 Å². The van der Waals surface area contributed by atoms with Crippen LogP contribution in [-0.4, -0.2) is 24.8 Å². The van der Waals surface area contributed by atoms with Gasteiger partial charge < -0.3 is 20.2 Å². The van der Waals surface area contributed by atoms with Crippen molar-refractivity contribution in [3.05, 3.63) is 22.1 Å². The number of halogens is 1. The van der Waals surface area contributed by atoms with Gasteiger partial charge in [-0.1, -0.05) is 0 Å². The van der Waals surface area contributed by atoms with Crippen LogP contribution >= 0.6 is 15.9 Å². The fourth-order valence-corrected chi connectivity index (χ4v) is 2.18. The molecule has 1 atom stereocenters. The number of carbonyl (C=O) groups is 1. The lowest BCUT2D eigenvalue weighted by Crippen LogP contribution is -2.36. The molecule has 0 aromatic carbocycles. The van der Waals surface area contributed by atoms with E-state index in [4.69, 9.17) is 14.9 Å². The van der Waals surface area contributed by atoms with Gasteiger partial charge in [0, 0.05) is 19.0 Å². The largest absolute Gasteiger partial charge is 0.454 e. The van der Waals surface area contributed by atoms with Gasteiger partial charge in [0.25, 0.3) is 0 Å². The van der Waals surface area contributed by atoms with Gasteiger partial charge in [-0.3, -0.25) is 0 Å². The number of furan rings is 1. The molecule has 19 heavy (non-hydrogen) atoms. The van der Waals surface area contributed by atoms with Gasteiger partial charge in [-0.15, -0.1) is 0 Å². The lowest BCUT2D eigenvalue weighted by molar-refractivity contribution is 0.0524. The summed E-state index contributed by atoms with van der Waals surface area (Å²) < 4.78 is 11.4. The molecular formula is C13H21BrN2O3. The first-order valence-corrected chi connectivity index (χ1v) is 6.95. The molecule has 1 amide bonds. The molecule has 6 heteroatoms. The molecule has 1 aromatic heterocycles. The molecule has 0 aliphatic carbocycles. The van der Waals surface area contributed by atoms with Crippen LogP contribution in [0, 0.1) is 6.92 Å². The Morgan fingerprint density at radius 2 is 2.21 bits per heavy atom. The van der Waals surface area contributed by atoms with E-state index in [1.165, 1.54) is 0 Å². The number of hydrogen-bond donors (Lipinski definition) is 2. The molecule has 0 saturated carbocycles. The van der Waals surface area contributed by atoms with Gasteiger partial charge in [-0.05, 0) is 55.3 Å². The molecule has 1 unspecified atom stereocenters. The Hall–Kier alpha value is -1.01. The molecule has 0 spiro atoms. The molecule has 0 fully saturated rings. The molecule has 0 aliphatic heterocycles. The molecule has 108 valence electrons. The molecule has 0 bridgehead atoms. The Balaban J connectivity index is 2.59. The Bertz CT molecular complexity index is 438. The Labute approximate surface area is 122 Å². The van der Waals surface area contributed by atoms with Crippen LogP contribution in [0.25, 0.3) is 0 Å². The predicted octanol–water partition coefficient (Wildman–Crippen LogP) is 2.92. The van der Waals surface area contributed by atoms with E-state index < -0.39 is 11.7 Å². The maximum absolute atomic E-state index is 11.6. The number of rotatable bonds is 4. The van der Waals surface area contributed by atoms with Crippen LogP contribution in [0.3, 0.4) is 0 Å². The Morgan fingerprint density at radius 3 is 2.63 bits per heavy atom. The molecule has 0 aliphatic rings. The van der Waals surface area contributed by atoms with Crippen molar-refractivity contribution in [2.24, 2.45) is 5.73 Å². The summed E-state index contributed by atoms with van der Waals surface area (Å²) in [6.07, 6.45) is -0.450. The number of nitrogens with two attached hydrogens (primary N) is 1. The summed E-state index contributed by atoms with van der Waals surface area (Å²) in [5.74, 6) is 0.712. The lowest BCUT2D eigenvalue weighted by atomic mass is 10.0. The number of alkyl carbamates (subject to hydrolysis) is 1. The third kappa shape index (κ3) is 5.24. The van der Waals surface area contributed by atoms with E-state index >= 15 is 0 Å². The van der Waals surface area contributed by atoms with Crippen molar-refractivity contribution in [1.29, 1.82) is 0 Å². The molecule has 0 saturated heterocycles. The van der Waals surface area contributed by atoms with Crippen molar-refractivity contribution in [1.82, 2.24) is 5.32 Å². The first kappa shape index (κ1) is 16.0. The number of amides is 1. The van der Waals surface area contributed by atoms with E-state index in [2.05, 4.69) is 21.2 Å². The van der Waals surface area contributed by atoms with Crippen LogP contribution in [0.5, 0.6) is 0 Å². The second kappa shape index (κ2) is 6.43. The number of hydrogen-bond acceptors (Lipinski definition) is 4. The van der Waals surface area contributed by atoms with Gasteiger partial charge in [-0.25, -0.2) is 4.79 Å². The zero-order valence-corrected chi connectivity index (χ0v) is 13.3. The zero-order valence-electron chi connectivity index (χ0n) is 11.7. The molecule has 0 radical (unpaired) electrons. The summed E-state index contributed by atoms with van der Waals surface area (Å²) in [6.45, 7) is 8.17. The van der Waals surface area contributed by atoms with E-state index in [9.17, 15) is 4.79 Å². The van der Waals surface area contributed by atoms with E-state index in [0.717, 1.165) is 11.3 Å². The van der Waals surface area contributed by atoms with Crippen molar-refractivity contribution >= 4 is 22.0 Å². The summed E-state index contributed by atoms with van der Waals surface area (Å²) in [5.41, 5.74) is 6.23. The summed E-state index contributed by atoms with van der Waals surface area (Å²) in [5, 5.41) is 2.71. The SMILES string of the molecule is Cc1cc(Br)oc1C(CN)CNC(=O)OC(C)(C)C. The van der Waals surface area contributed by atoms with Crippen LogP contribution in [0.15, 0.2) is 15.2 Å². The monoisotopic (exact) mass is 332 g/mol. The van der Waals surface area contributed by atoms with Crippen LogP contribution in [0.1, 0.15) is 38.0 Å². The van der Waals surface area contributed by atoms with E-state index in [0.29, 0.717) is 17.8 Å². The van der Waals surface area contributed by atoms with Gasteiger partial charge in [0.1, 0.15) is 11.4 Å². The fraction of sp³-hybridized carbons (Fsp3) is 0.615. The first-order valence-electron chi connectivity index (χ1n) is 6.15. The maximum atomic E-state index is 11.6. The third-order valence-corrected chi connectivity index (χ3v) is 2.86. The standard InChI is InChI=1S/C13H21BrN2O3/c1-8-5-10(14)18-11(8)9(6-15)7-16-12(17)19-13(2,3)4/h5,9H,6-7,15H2,1-4H3,(H,16,17). The van der Waals surface area contributed by atoms with Crippen LogP contribution in [0.4, 0.5) is 4.79 Å². The van der Waals surface area contributed by atoms with Gasteiger partial charge in [0.2, 0.25) is 0 Å². The highest BCUT2D eigenvalue weighted by molar-refractivity contribution is 9.10. The first-order chi connectivity index (χ1) is 8.73. The van der Waals surface area contributed by atoms with Gasteiger partial charge in [-0.2, -0.15) is 0 Å². The molecule has 5 nitrogen and oxygen atoms in total. The minimum atomic E-state index is -0.508. The van der Waals surface area contributed by atoms with Gasteiger partial charge >= 0.3 is 6.09 Å². The second-order valence-corrected chi connectivity index (χ2v) is 6.19. The van der Waals surface area contributed by atoms with Crippen molar-refractivity contribution in [2.45, 2.75) is 39.2 Å². The zero-order chi connectivity index (χ0) is 14.6. The Morgan fingerprint density at radius 1 is 1.58 bits per heavy atom. The second-order valence-electron chi connectivity index (χ2n) is 5.41. The Kier molecular flexibility index (Phi) is 5.43. The molecular weight excluding hydrogens is 312 g/mol. The highest BCUT2D eigenvalue weighted by atomic mass is 79.9. The molecule has 3 N–H and O–H groups in total.